The van der Waals surface area contributed by atoms with E-state index in [1.807, 2.05) is 41.2 Å². The molecule has 1 heterocycles. The van der Waals surface area contributed by atoms with Gasteiger partial charge in [0.15, 0.2) is 0 Å². The molecule has 0 fully saturated rings. The summed E-state index contributed by atoms with van der Waals surface area (Å²) in [6.45, 7) is 0.935. The van der Waals surface area contributed by atoms with E-state index in [-0.39, 0.29) is 6.61 Å². The lowest BCUT2D eigenvalue weighted by molar-refractivity contribution is 0.282. The Labute approximate surface area is 95.5 Å². The Morgan fingerprint density at radius 3 is 2.62 bits per heavy atom. The third-order valence-electron chi connectivity index (χ3n) is 2.42. The van der Waals surface area contributed by atoms with Crippen LogP contribution in [0.5, 0.6) is 0 Å². The highest BCUT2D eigenvalue weighted by molar-refractivity contribution is 5.48. The van der Waals surface area contributed by atoms with Crippen molar-refractivity contribution in [2.45, 2.75) is 13.2 Å². The lowest BCUT2D eigenvalue weighted by atomic mass is 10.2. The van der Waals surface area contributed by atoms with Gasteiger partial charge < -0.3 is 9.67 Å². The monoisotopic (exact) mass is 213 g/mol. The van der Waals surface area contributed by atoms with Crippen LogP contribution in [0.2, 0.25) is 0 Å². The third kappa shape index (κ3) is 2.84. The third-order valence-corrected chi connectivity index (χ3v) is 2.42. The van der Waals surface area contributed by atoms with Crippen LogP contribution in [0.15, 0.2) is 54.9 Å². The summed E-state index contributed by atoms with van der Waals surface area (Å²) in [4.78, 5) is 0. The second-order valence-electron chi connectivity index (χ2n) is 3.69. The Bertz CT molecular complexity index is 457. The predicted octanol–water partition coefficient (Wildman–Crippen LogP) is 2.69. The van der Waals surface area contributed by atoms with Gasteiger partial charge in [-0.2, -0.15) is 0 Å². The van der Waals surface area contributed by atoms with Crippen LogP contribution in [0.1, 0.15) is 11.1 Å². The van der Waals surface area contributed by atoms with Crippen molar-refractivity contribution in [1.82, 2.24) is 4.57 Å². The van der Waals surface area contributed by atoms with Gasteiger partial charge >= 0.3 is 0 Å². The predicted molar refractivity (Wildman–Crippen MR) is 65.8 cm³/mol. The molecule has 0 saturated heterocycles. The Hall–Kier alpha value is -1.80. The fraction of sp³-hybridized carbons (Fsp3) is 0.143. The smallest absolute Gasteiger partial charge is 0.0696 e. The fourth-order valence-electron chi connectivity index (χ4n) is 1.57. The van der Waals surface area contributed by atoms with E-state index in [9.17, 15) is 0 Å². The average Bonchev–Trinajstić information content (AvgIpc) is 2.78. The van der Waals surface area contributed by atoms with Gasteiger partial charge in [0, 0.05) is 18.9 Å². The zero-order valence-corrected chi connectivity index (χ0v) is 9.08. The molecule has 0 spiro atoms. The minimum atomic E-state index is 0.107. The number of rotatable bonds is 4. The van der Waals surface area contributed by atoms with E-state index in [4.69, 9.17) is 5.11 Å². The molecule has 0 saturated carbocycles. The van der Waals surface area contributed by atoms with E-state index in [0.29, 0.717) is 0 Å². The summed E-state index contributed by atoms with van der Waals surface area (Å²) in [7, 11) is 0. The van der Waals surface area contributed by atoms with Gasteiger partial charge in [0.2, 0.25) is 0 Å². The topological polar surface area (TPSA) is 25.2 Å². The van der Waals surface area contributed by atoms with Gasteiger partial charge in [0.25, 0.3) is 0 Å². The van der Waals surface area contributed by atoms with Crippen LogP contribution in [-0.4, -0.2) is 9.67 Å². The van der Waals surface area contributed by atoms with Crippen LogP contribution in [0.3, 0.4) is 0 Å². The molecule has 0 bridgehead atoms. The van der Waals surface area contributed by atoms with Crippen molar-refractivity contribution in [3.8, 4) is 0 Å². The number of hydrogen-bond donors (Lipinski definition) is 1. The van der Waals surface area contributed by atoms with Gasteiger partial charge in [-0.05, 0) is 17.2 Å². The van der Waals surface area contributed by atoms with Crippen LogP contribution in [0, 0.1) is 0 Å². The maximum Gasteiger partial charge on any atom is 0.0696 e. The zero-order valence-electron chi connectivity index (χ0n) is 9.08. The van der Waals surface area contributed by atoms with Crippen molar-refractivity contribution in [1.29, 1.82) is 0 Å². The summed E-state index contributed by atoms with van der Waals surface area (Å²) in [5.74, 6) is 0. The molecular weight excluding hydrogens is 198 g/mol. The highest BCUT2D eigenvalue weighted by Crippen LogP contribution is 2.04. The summed E-state index contributed by atoms with van der Waals surface area (Å²) in [5, 5.41) is 8.92. The van der Waals surface area contributed by atoms with E-state index in [1.165, 1.54) is 5.56 Å². The van der Waals surface area contributed by atoms with Crippen LogP contribution in [0.4, 0.5) is 0 Å². The van der Waals surface area contributed by atoms with Crippen molar-refractivity contribution < 1.29 is 5.11 Å². The normalized spacial score (nSPS) is 11.1. The highest BCUT2D eigenvalue weighted by Gasteiger charge is 1.92. The Balaban J connectivity index is 1.94. The molecule has 2 rings (SSSR count). The number of hydrogen-bond acceptors (Lipinski definition) is 1. The van der Waals surface area contributed by atoms with Gasteiger partial charge in [0.1, 0.15) is 0 Å². The van der Waals surface area contributed by atoms with Crippen molar-refractivity contribution in [3.63, 3.8) is 0 Å². The first kappa shape index (κ1) is 10.7. The summed E-state index contributed by atoms with van der Waals surface area (Å²) in [6, 6.07) is 12.1. The van der Waals surface area contributed by atoms with E-state index < -0.39 is 0 Å². The van der Waals surface area contributed by atoms with Crippen LogP contribution in [-0.2, 0) is 13.2 Å². The Morgan fingerprint density at radius 2 is 1.94 bits per heavy atom. The first-order valence-electron chi connectivity index (χ1n) is 5.35. The fourth-order valence-corrected chi connectivity index (χ4v) is 1.57. The van der Waals surface area contributed by atoms with Gasteiger partial charge in [-0.1, -0.05) is 42.5 Å². The molecule has 1 aromatic heterocycles. The minimum Gasteiger partial charge on any atom is -0.392 e. The molecule has 0 atom stereocenters. The number of aliphatic hydroxyl groups is 1. The standard InChI is InChI=1S/C14H15NO/c16-12-14-8-10-15(11-14)9-4-7-13-5-2-1-3-6-13/h1-8,10-11,16H,9,12H2. The quantitative estimate of drug-likeness (QED) is 0.830. The van der Waals surface area contributed by atoms with Crippen molar-refractivity contribution in [2.75, 3.05) is 0 Å². The van der Waals surface area contributed by atoms with Crippen LogP contribution in [0.25, 0.3) is 6.08 Å². The average molecular weight is 213 g/mol. The Morgan fingerprint density at radius 1 is 1.12 bits per heavy atom. The number of allylic oxidation sites excluding steroid dienone is 1. The largest absolute Gasteiger partial charge is 0.392 e. The van der Waals surface area contributed by atoms with Crippen molar-refractivity contribution in [2.24, 2.45) is 0 Å². The molecule has 2 nitrogen and oxygen atoms in total. The molecule has 0 radical (unpaired) electrons. The molecule has 0 amide bonds. The molecule has 0 unspecified atom stereocenters. The second kappa shape index (κ2) is 5.33. The van der Waals surface area contributed by atoms with E-state index in [0.717, 1.165) is 12.1 Å². The van der Waals surface area contributed by atoms with Crippen molar-refractivity contribution in [3.05, 3.63) is 66.0 Å². The molecule has 0 aliphatic heterocycles. The van der Waals surface area contributed by atoms with Gasteiger partial charge in [0.05, 0.1) is 6.61 Å². The molecule has 2 aromatic rings. The molecule has 1 N–H and O–H groups in total. The maximum atomic E-state index is 8.92. The first-order chi connectivity index (χ1) is 7.88. The zero-order chi connectivity index (χ0) is 11.2. The lowest BCUT2D eigenvalue weighted by Gasteiger charge is -1.96. The van der Waals surface area contributed by atoms with Crippen LogP contribution >= 0.6 is 0 Å². The van der Waals surface area contributed by atoms with E-state index in [2.05, 4.69) is 24.3 Å². The molecule has 1 aromatic carbocycles. The molecular formula is C14H15NO. The lowest BCUT2D eigenvalue weighted by Crippen LogP contribution is -1.89. The molecule has 2 heteroatoms. The number of benzene rings is 1. The van der Waals surface area contributed by atoms with Crippen LogP contribution < -0.4 is 0 Å². The van der Waals surface area contributed by atoms with Gasteiger partial charge in [-0.25, -0.2) is 0 Å². The maximum absolute atomic E-state index is 8.92. The molecule has 16 heavy (non-hydrogen) atoms. The molecule has 0 aliphatic rings. The van der Waals surface area contributed by atoms with Gasteiger partial charge in [-0.15, -0.1) is 0 Å². The SMILES string of the molecule is OCc1ccn(CC=Cc2ccccc2)c1. The number of aromatic nitrogens is 1. The second-order valence-corrected chi connectivity index (χ2v) is 3.69. The molecule has 82 valence electrons. The summed E-state index contributed by atoms with van der Waals surface area (Å²) < 4.78 is 2.05. The van der Waals surface area contributed by atoms with Gasteiger partial charge in [-0.3, -0.25) is 0 Å². The molecule has 0 aliphatic carbocycles. The highest BCUT2D eigenvalue weighted by atomic mass is 16.3. The number of nitrogens with zero attached hydrogens (tertiary/aromatic N) is 1. The van der Waals surface area contributed by atoms with E-state index in [1.54, 1.807) is 0 Å². The minimum absolute atomic E-state index is 0.107. The summed E-state index contributed by atoms with van der Waals surface area (Å²) in [5.41, 5.74) is 2.16. The van der Waals surface area contributed by atoms with E-state index >= 15 is 0 Å². The Kier molecular flexibility index (Phi) is 3.57. The number of aliphatic hydroxyl groups excluding tert-OH is 1. The van der Waals surface area contributed by atoms with Crippen molar-refractivity contribution >= 4 is 6.08 Å². The summed E-state index contributed by atoms with van der Waals surface area (Å²) >= 11 is 0. The summed E-state index contributed by atoms with van der Waals surface area (Å²) in [6.07, 6.45) is 8.13. The first-order valence-corrected chi connectivity index (χ1v) is 5.35.